The summed E-state index contributed by atoms with van der Waals surface area (Å²) in [6.45, 7) is 9.84. The quantitative estimate of drug-likeness (QED) is 0.703. The fourth-order valence-electron chi connectivity index (χ4n) is 2.68. The number of nitrogens with one attached hydrogen (secondary N) is 1. The first kappa shape index (κ1) is 16.4. The highest BCUT2D eigenvalue weighted by Crippen LogP contribution is 2.14. The molecular formula is C15H31N3O. The molecule has 0 aromatic heterocycles. The van der Waals surface area contributed by atoms with E-state index in [1.807, 2.05) is 0 Å². The molecule has 0 aromatic rings. The fraction of sp³-hybridized carbons (Fsp3) is 0.933. The van der Waals surface area contributed by atoms with E-state index in [1.165, 1.54) is 12.8 Å². The first-order chi connectivity index (χ1) is 9.01. The number of likely N-dealkylation sites (tertiary alicyclic amines) is 1. The van der Waals surface area contributed by atoms with Crippen molar-refractivity contribution in [1.82, 2.24) is 10.2 Å². The minimum absolute atomic E-state index is 0.162. The van der Waals surface area contributed by atoms with Crippen molar-refractivity contribution in [3.63, 3.8) is 0 Å². The van der Waals surface area contributed by atoms with Crippen molar-refractivity contribution in [2.24, 2.45) is 17.6 Å². The molecule has 0 aromatic carbocycles. The average Bonchev–Trinajstić information content (AvgIpc) is 2.75. The van der Waals surface area contributed by atoms with Crippen molar-refractivity contribution in [3.8, 4) is 0 Å². The maximum absolute atomic E-state index is 11.9. The third kappa shape index (κ3) is 6.92. The lowest BCUT2D eigenvalue weighted by Gasteiger charge is -2.18. The maximum atomic E-state index is 11.9. The lowest BCUT2D eigenvalue weighted by molar-refractivity contribution is -0.122. The number of hydrogen-bond donors (Lipinski definition) is 2. The van der Waals surface area contributed by atoms with Crippen molar-refractivity contribution >= 4 is 5.91 Å². The standard InChI is InChI=1S/C15H31N3O/c1-12(2)5-4-6-13(3)17-15(19)11-18-8-7-14(9-16)10-18/h12-14H,4-11,16H2,1-3H3,(H,17,19). The van der Waals surface area contributed by atoms with Crippen LogP contribution in [0.4, 0.5) is 0 Å². The molecule has 4 heteroatoms. The second kappa shape index (κ2) is 8.54. The lowest BCUT2D eigenvalue weighted by Crippen LogP contribution is -2.40. The largest absolute Gasteiger partial charge is 0.353 e. The van der Waals surface area contributed by atoms with Crippen LogP contribution in [-0.4, -0.2) is 43.0 Å². The molecule has 1 aliphatic rings. The van der Waals surface area contributed by atoms with Gasteiger partial charge < -0.3 is 11.1 Å². The van der Waals surface area contributed by atoms with E-state index in [0.717, 1.165) is 38.4 Å². The van der Waals surface area contributed by atoms with Crippen LogP contribution in [0.1, 0.15) is 46.5 Å². The normalized spacial score (nSPS) is 21.8. The SMILES string of the molecule is CC(C)CCCC(C)NC(=O)CN1CCC(CN)C1. The van der Waals surface area contributed by atoms with Gasteiger partial charge in [0.1, 0.15) is 0 Å². The van der Waals surface area contributed by atoms with Crippen LogP contribution in [0.3, 0.4) is 0 Å². The van der Waals surface area contributed by atoms with Gasteiger partial charge >= 0.3 is 0 Å². The van der Waals surface area contributed by atoms with Crippen LogP contribution in [0.2, 0.25) is 0 Å². The molecule has 1 rings (SSSR count). The Kier molecular flexibility index (Phi) is 7.39. The number of nitrogens with zero attached hydrogens (tertiary/aromatic N) is 1. The molecule has 0 bridgehead atoms. The third-order valence-electron chi connectivity index (χ3n) is 3.90. The zero-order valence-corrected chi connectivity index (χ0v) is 12.8. The molecule has 3 N–H and O–H groups in total. The molecule has 1 heterocycles. The van der Waals surface area contributed by atoms with Crippen LogP contribution in [0, 0.1) is 11.8 Å². The van der Waals surface area contributed by atoms with Crippen LogP contribution in [0.5, 0.6) is 0 Å². The molecule has 2 atom stereocenters. The number of rotatable bonds is 8. The summed E-state index contributed by atoms with van der Waals surface area (Å²) in [5, 5.41) is 3.10. The Morgan fingerprint density at radius 3 is 2.68 bits per heavy atom. The molecule has 1 saturated heterocycles. The van der Waals surface area contributed by atoms with Crippen LogP contribution in [-0.2, 0) is 4.79 Å². The highest BCUT2D eigenvalue weighted by molar-refractivity contribution is 5.78. The van der Waals surface area contributed by atoms with Crippen molar-refractivity contribution in [1.29, 1.82) is 0 Å². The summed E-state index contributed by atoms with van der Waals surface area (Å²) in [6, 6.07) is 0.291. The Bertz CT molecular complexity index is 268. The molecule has 0 saturated carbocycles. The molecule has 1 amide bonds. The number of carbonyl (C=O) groups is 1. The second-order valence-corrected chi connectivity index (χ2v) is 6.42. The van der Waals surface area contributed by atoms with Gasteiger partial charge in [-0.1, -0.05) is 26.7 Å². The summed E-state index contributed by atoms with van der Waals surface area (Å²) >= 11 is 0. The number of nitrogens with two attached hydrogens (primary N) is 1. The number of amides is 1. The summed E-state index contributed by atoms with van der Waals surface area (Å²) in [5.41, 5.74) is 5.66. The summed E-state index contributed by atoms with van der Waals surface area (Å²) in [6.07, 6.45) is 4.64. The molecule has 1 aliphatic heterocycles. The van der Waals surface area contributed by atoms with Crippen molar-refractivity contribution in [3.05, 3.63) is 0 Å². The van der Waals surface area contributed by atoms with E-state index in [-0.39, 0.29) is 5.91 Å². The minimum Gasteiger partial charge on any atom is -0.353 e. The second-order valence-electron chi connectivity index (χ2n) is 6.42. The average molecular weight is 269 g/mol. The first-order valence-electron chi connectivity index (χ1n) is 7.73. The van der Waals surface area contributed by atoms with E-state index < -0.39 is 0 Å². The van der Waals surface area contributed by atoms with Gasteiger partial charge in [0, 0.05) is 12.6 Å². The number of hydrogen-bond acceptors (Lipinski definition) is 3. The highest BCUT2D eigenvalue weighted by Gasteiger charge is 2.23. The molecule has 2 unspecified atom stereocenters. The van der Waals surface area contributed by atoms with Gasteiger partial charge in [0.15, 0.2) is 0 Å². The molecule has 0 aliphatic carbocycles. The molecular weight excluding hydrogens is 238 g/mol. The summed E-state index contributed by atoms with van der Waals surface area (Å²) in [5.74, 6) is 1.49. The van der Waals surface area contributed by atoms with E-state index in [0.29, 0.717) is 18.5 Å². The Hall–Kier alpha value is -0.610. The zero-order valence-electron chi connectivity index (χ0n) is 12.8. The minimum atomic E-state index is 0.162. The van der Waals surface area contributed by atoms with Gasteiger partial charge in [0.25, 0.3) is 0 Å². The van der Waals surface area contributed by atoms with E-state index in [9.17, 15) is 4.79 Å². The van der Waals surface area contributed by atoms with Crippen LogP contribution in [0.25, 0.3) is 0 Å². The maximum Gasteiger partial charge on any atom is 0.234 e. The van der Waals surface area contributed by atoms with Gasteiger partial charge in [-0.05, 0) is 44.7 Å². The molecule has 0 radical (unpaired) electrons. The zero-order chi connectivity index (χ0) is 14.3. The summed E-state index contributed by atoms with van der Waals surface area (Å²) in [7, 11) is 0. The number of carbonyl (C=O) groups excluding carboxylic acids is 1. The van der Waals surface area contributed by atoms with E-state index in [1.54, 1.807) is 0 Å². The summed E-state index contributed by atoms with van der Waals surface area (Å²) < 4.78 is 0. The Morgan fingerprint density at radius 2 is 2.11 bits per heavy atom. The smallest absolute Gasteiger partial charge is 0.234 e. The highest BCUT2D eigenvalue weighted by atomic mass is 16.2. The Morgan fingerprint density at radius 1 is 1.37 bits per heavy atom. The Labute approximate surface area is 118 Å². The van der Waals surface area contributed by atoms with Gasteiger partial charge in [0.2, 0.25) is 5.91 Å². The summed E-state index contributed by atoms with van der Waals surface area (Å²) in [4.78, 5) is 14.1. The molecule has 0 spiro atoms. The monoisotopic (exact) mass is 269 g/mol. The molecule has 1 fully saturated rings. The molecule has 4 nitrogen and oxygen atoms in total. The third-order valence-corrected chi connectivity index (χ3v) is 3.90. The van der Waals surface area contributed by atoms with Crippen molar-refractivity contribution in [2.75, 3.05) is 26.2 Å². The van der Waals surface area contributed by atoms with Crippen LogP contribution >= 0.6 is 0 Å². The van der Waals surface area contributed by atoms with E-state index >= 15 is 0 Å². The molecule has 112 valence electrons. The van der Waals surface area contributed by atoms with E-state index in [2.05, 4.69) is 31.0 Å². The first-order valence-corrected chi connectivity index (χ1v) is 7.73. The van der Waals surface area contributed by atoms with Gasteiger partial charge in [-0.15, -0.1) is 0 Å². The van der Waals surface area contributed by atoms with Crippen LogP contribution < -0.4 is 11.1 Å². The predicted molar refractivity (Wildman–Crippen MR) is 79.9 cm³/mol. The van der Waals surface area contributed by atoms with Gasteiger partial charge in [-0.3, -0.25) is 9.69 Å². The fourth-order valence-corrected chi connectivity index (χ4v) is 2.68. The lowest BCUT2D eigenvalue weighted by atomic mass is 10.0. The van der Waals surface area contributed by atoms with Crippen molar-refractivity contribution < 1.29 is 4.79 Å². The predicted octanol–water partition coefficient (Wildman–Crippen LogP) is 1.60. The van der Waals surface area contributed by atoms with Gasteiger partial charge in [-0.25, -0.2) is 0 Å². The Balaban J connectivity index is 2.13. The molecule has 19 heavy (non-hydrogen) atoms. The van der Waals surface area contributed by atoms with Gasteiger partial charge in [0.05, 0.1) is 6.54 Å². The topological polar surface area (TPSA) is 58.4 Å². The van der Waals surface area contributed by atoms with Crippen molar-refractivity contribution in [2.45, 2.75) is 52.5 Å². The van der Waals surface area contributed by atoms with Crippen LogP contribution in [0.15, 0.2) is 0 Å². The van der Waals surface area contributed by atoms with E-state index in [4.69, 9.17) is 5.73 Å². The van der Waals surface area contributed by atoms with Gasteiger partial charge in [-0.2, -0.15) is 0 Å².